The number of carbonyl (C=O) groups excluding carboxylic acids is 1. The second-order valence-corrected chi connectivity index (χ2v) is 6.40. The van der Waals surface area contributed by atoms with Crippen molar-refractivity contribution in [1.82, 2.24) is 5.32 Å². The molecule has 0 saturated carbocycles. The molecule has 0 aromatic heterocycles. The number of ether oxygens (including phenoxy) is 2. The molecule has 1 unspecified atom stereocenters. The minimum Gasteiger partial charge on any atom is -0.493 e. The van der Waals surface area contributed by atoms with Gasteiger partial charge in [-0.2, -0.15) is 0 Å². The number of nitrogens with two attached hydrogens (primary N) is 1. The minimum absolute atomic E-state index is 0.291. The molecular formula is C20H25N3O3. The fourth-order valence-electron chi connectivity index (χ4n) is 3.32. The quantitative estimate of drug-likeness (QED) is 0.709. The summed E-state index contributed by atoms with van der Waals surface area (Å²) in [5, 5.41) is 6.84. The first-order valence-corrected chi connectivity index (χ1v) is 8.72. The molecule has 1 amide bonds. The van der Waals surface area contributed by atoms with E-state index in [1.165, 1.54) is 0 Å². The predicted molar refractivity (Wildman–Crippen MR) is 102 cm³/mol. The third-order valence-corrected chi connectivity index (χ3v) is 4.67. The highest BCUT2D eigenvalue weighted by Gasteiger charge is 2.19. The van der Waals surface area contributed by atoms with Crippen LogP contribution in [0, 0.1) is 0 Å². The van der Waals surface area contributed by atoms with E-state index in [0.717, 1.165) is 36.3 Å². The van der Waals surface area contributed by atoms with Crippen LogP contribution < -0.4 is 25.8 Å². The molecule has 1 fully saturated rings. The summed E-state index contributed by atoms with van der Waals surface area (Å²) in [5.74, 6) is 0.954. The molecule has 2 aromatic rings. The second kappa shape index (κ2) is 8.10. The molecule has 1 heterocycles. The standard InChI is InChI=1S/C20H25N3O3/c1-25-17-7-6-13(11-18(17)26-2)10-14-4-3-5-16(20(21)24)19(14)23-15-8-9-22-12-15/h3-7,11,15,22-23H,8-10,12H2,1-2H3,(H2,21,24). The van der Waals surface area contributed by atoms with Crippen LogP contribution in [0.5, 0.6) is 11.5 Å². The van der Waals surface area contributed by atoms with Gasteiger partial charge < -0.3 is 25.8 Å². The summed E-state index contributed by atoms with van der Waals surface area (Å²) < 4.78 is 10.7. The van der Waals surface area contributed by atoms with E-state index in [9.17, 15) is 4.79 Å². The van der Waals surface area contributed by atoms with Crippen molar-refractivity contribution < 1.29 is 14.3 Å². The lowest BCUT2D eigenvalue weighted by Crippen LogP contribution is -2.25. The van der Waals surface area contributed by atoms with Crippen molar-refractivity contribution >= 4 is 11.6 Å². The Labute approximate surface area is 153 Å². The molecule has 2 aromatic carbocycles. The van der Waals surface area contributed by atoms with Gasteiger partial charge in [-0.05, 0) is 48.7 Å². The van der Waals surface area contributed by atoms with Crippen LogP contribution in [-0.4, -0.2) is 39.3 Å². The summed E-state index contributed by atoms with van der Waals surface area (Å²) >= 11 is 0. The molecule has 1 atom stereocenters. The average Bonchev–Trinajstić information content (AvgIpc) is 3.16. The summed E-state index contributed by atoms with van der Waals surface area (Å²) in [7, 11) is 3.24. The monoisotopic (exact) mass is 355 g/mol. The van der Waals surface area contributed by atoms with Gasteiger partial charge in [0.05, 0.1) is 25.5 Å². The van der Waals surface area contributed by atoms with Gasteiger partial charge in [-0.25, -0.2) is 0 Å². The van der Waals surface area contributed by atoms with Crippen LogP contribution in [0.15, 0.2) is 36.4 Å². The largest absolute Gasteiger partial charge is 0.493 e. The molecule has 26 heavy (non-hydrogen) atoms. The Morgan fingerprint density at radius 3 is 2.69 bits per heavy atom. The SMILES string of the molecule is COc1ccc(Cc2cccc(C(N)=O)c2NC2CCNC2)cc1OC. The Morgan fingerprint density at radius 2 is 2.04 bits per heavy atom. The van der Waals surface area contributed by atoms with Gasteiger partial charge in [-0.15, -0.1) is 0 Å². The first-order chi connectivity index (χ1) is 12.6. The van der Waals surface area contributed by atoms with Crippen molar-refractivity contribution in [1.29, 1.82) is 0 Å². The Hall–Kier alpha value is -2.73. The van der Waals surface area contributed by atoms with E-state index in [2.05, 4.69) is 10.6 Å². The van der Waals surface area contributed by atoms with E-state index in [1.807, 2.05) is 30.3 Å². The van der Waals surface area contributed by atoms with E-state index in [4.69, 9.17) is 15.2 Å². The van der Waals surface area contributed by atoms with Crippen LogP contribution in [0.1, 0.15) is 27.9 Å². The highest BCUT2D eigenvalue weighted by molar-refractivity contribution is 5.99. The lowest BCUT2D eigenvalue weighted by atomic mass is 9.98. The van der Waals surface area contributed by atoms with Gasteiger partial charge in [0, 0.05) is 12.6 Å². The van der Waals surface area contributed by atoms with Crippen molar-refractivity contribution in [3.63, 3.8) is 0 Å². The van der Waals surface area contributed by atoms with Crippen LogP contribution in [0.2, 0.25) is 0 Å². The number of methoxy groups -OCH3 is 2. The Bertz CT molecular complexity index is 786. The number of nitrogens with one attached hydrogen (secondary N) is 2. The molecule has 1 saturated heterocycles. The second-order valence-electron chi connectivity index (χ2n) is 6.40. The van der Waals surface area contributed by atoms with Gasteiger partial charge in [0.25, 0.3) is 5.91 Å². The Kier molecular flexibility index (Phi) is 5.63. The Morgan fingerprint density at radius 1 is 1.23 bits per heavy atom. The van der Waals surface area contributed by atoms with Gasteiger partial charge in [0.15, 0.2) is 11.5 Å². The molecule has 0 spiro atoms. The van der Waals surface area contributed by atoms with Crippen molar-refractivity contribution in [2.75, 3.05) is 32.6 Å². The number of primary amides is 1. The third-order valence-electron chi connectivity index (χ3n) is 4.67. The molecule has 0 bridgehead atoms. The molecule has 1 aliphatic rings. The fourth-order valence-corrected chi connectivity index (χ4v) is 3.32. The van der Waals surface area contributed by atoms with Crippen LogP contribution in [-0.2, 0) is 6.42 Å². The zero-order chi connectivity index (χ0) is 18.5. The van der Waals surface area contributed by atoms with Crippen molar-refractivity contribution in [3.05, 3.63) is 53.1 Å². The molecule has 6 heteroatoms. The molecule has 4 N–H and O–H groups in total. The number of carbonyl (C=O) groups is 1. The lowest BCUT2D eigenvalue weighted by Gasteiger charge is -2.20. The molecule has 6 nitrogen and oxygen atoms in total. The van der Waals surface area contributed by atoms with Gasteiger partial charge in [-0.3, -0.25) is 4.79 Å². The van der Waals surface area contributed by atoms with Crippen LogP contribution in [0.4, 0.5) is 5.69 Å². The smallest absolute Gasteiger partial charge is 0.250 e. The first-order valence-electron chi connectivity index (χ1n) is 8.72. The van der Waals surface area contributed by atoms with E-state index < -0.39 is 5.91 Å². The highest BCUT2D eigenvalue weighted by atomic mass is 16.5. The lowest BCUT2D eigenvalue weighted by molar-refractivity contribution is 0.100. The number of anilines is 1. The van der Waals surface area contributed by atoms with Crippen LogP contribution in [0.25, 0.3) is 0 Å². The number of benzene rings is 2. The van der Waals surface area contributed by atoms with E-state index in [1.54, 1.807) is 20.3 Å². The van der Waals surface area contributed by atoms with Gasteiger partial charge in [-0.1, -0.05) is 18.2 Å². The van der Waals surface area contributed by atoms with Crippen LogP contribution in [0.3, 0.4) is 0 Å². The number of rotatable bonds is 7. The third kappa shape index (κ3) is 3.91. The molecule has 1 aliphatic heterocycles. The highest BCUT2D eigenvalue weighted by Crippen LogP contribution is 2.31. The number of para-hydroxylation sites is 1. The minimum atomic E-state index is -0.424. The maximum atomic E-state index is 11.9. The van der Waals surface area contributed by atoms with Crippen LogP contribution >= 0.6 is 0 Å². The molecule has 138 valence electrons. The zero-order valence-corrected chi connectivity index (χ0v) is 15.2. The molecule has 0 aliphatic carbocycles. The number of amides is 1. The normalized spacial score (nSPS) is 16.3. The number of hydrogen-bond donors (Lipinski definition) is 3. The summed E-state index contributed by atoms with van der Waals surface area (Å²) in [6.45, 7) is 1.85. The van der Waals surface area contributed by atoms with E-state index in [-0.39, 0.29) is 0 Å². The molecule has 3 rings (SSSR count). The first kappa shape index (κ1) is 18.1. The maximum absolute atomic E-state index is 11.9. The topological polar surface area (TPSA) is 85.6 Å². The van der Waals surface area contributed by atoms with E-state index in [0.29, 0.717) is 29.5 Å². The van der Waals surface area contributed by atoms with Gasteiger partial charge in [0.1, 0.15) is 0 Å². The van der Waals surface area contributed by atoms with Gasteiger partial charge >= 0.3 is 0 Å². The van der Waals surface area contributed by atoms with Crippen molar-refractivity contribution in [2.45, 2.75) is 18.9 Å². The van der Waals surface area contributed by atoms with E-state index >= 15 is 0 Å². The summed E-state index contributed by atoms with van der Waals surface area (Å²) in [6.07, 6.45) is 1.67. The summed E-state index contributed by atoms with van der Waals surface area (Å²) in [4.78, 5) is 11.9. The van der Waals surface area contributed by atoms with Gasteiger partial charge in [0.2, 0.25) is 0 Å². The molecular weight excluding hydrogens is 330 g/mol. The van der Waals surface area contributed by atoms with Crippen molar-refractivity contribution in [2.24, 2.45) is 5.73 Å². The average molecular weight is 355 g/mol. The number of hydrogen-bond acceptors (Lipinski definition) is 5. The maximum Gasteiger partial charge on any atom is 0.250 e. The zero-order valence-electron chi connectivity index (χ0n) is 15.2. The predicted octanol–water partition coefficient (Wildman–Crippen LogP) is 2.17. The molecule has 0 radical (unpaired) electrons. The Balaban J connectivity index is 1.93. The summed E-state index contributed by atoms with van der Waals surface area (Å²) in [6, 6.07) is 11.8. The van der Waals surface area contributed by atoms with Crippen molar-refractivity contribution in [3.8, 4) is 11.5 Å². The fraction of sp³-hybridized carbons (Fsp3) is 0.350. The summed E-state index contributed by atoms with van der Waals surface area (Å²) in [5.41, 5.74) is 9.04.